The summed E-state index contributed by atoms with van der Waals surface area (Å²) in [4.78, 5) is 30.7. The average Bonchev–Trinajstić information content (AvgIpc) is 3.09. The Morgan fingerprint density at radius 2 is 2.05 bits per heavy atom. The standard InChI is InChI=1S/C16H16N2O2S/c19-14(15-17-8-10-21-15)13-7-4-9-18(11-13)16(20)12-5-2-1-3-6-12/h1-3,5-6,8,10,13H,4,7,9,11H2. The Morgan fingerprint density at radius 1 is 1.24 bits per heavy atom. The average molecular weight is 300 g/mol. The van der Waals surface area contributed by atoms with Gasteiger partial charge in [0.2, 0.25) is 0 Å². The minimum absolute atomic E-state index is 0.00670. The number of nitrogens with zero attached hydrogens (tertiary/aromatic N) is 2. The number of benzene rings is 1. The molecular weight excluding hydrogens is 284 g/mol. The van der Waals surface area contributed by atoms with Gasteiger partial charge in [0.05, 0.1) is 0 Å². The zero-order valence-electron chi connectivity index (χ0n) is 11.6. The van der Waals surface area contributed by atoms with Gasteiger partial charge in [-0.05, 0) is 25.0 Å². The summed E-state index contributed by atoms with van der Waals surface area (Å²) in [6.07, 6.45) is 3.34. The van der Waals surface area contributed by atoms with E-state index in [0.29, 0.717) is 17.1 Å². The molecule has 2 aromatic rings. The molecule has 21 heavy (non-hydrogen) atoms. The number of hydrogen-bond acceptors (Lipinski definition) is 4. The Hall–Kier alpha value is -2.01. The maximum absolute atomic E-state index is 12.5. The number of hydrogen-bond donors (Lipinski definition) is 0. The Balaban J connectivity index is 1.71. The van der Waals surface area contributed by atoms with Crippen LogP contribution in [0.3, 0.4) is 0 Å². The number of piperidine rings is 1. The highest BCUT2D eigenvalue weighted by Crippen LogP contribution is 2.23. The molecule has 0 saturated carbocycles. The molecular formula is C16H16N2O2S. The van der Waals surface area contributed by atoms with Crippen LogP contribution in [0.25, 0.3) is 0 Å². The third-order valence-electron chi connectivity index (χ3n) is 3.74. The summed E-state index contributed by atoms with van der Waals surface area (Å²) in [7, 11) is 0. The van der Waals surface area contributed by atoms with Gasteiger partial charge in [0.1, 0.15) is 0 Å². The van der Waals surface area contributed by atoms with Crippen LogP contribution in [0, 0.1) is 5.92 Å². The van der Waals surface area contributed by atoms with Crippen LogP contribution in [0.15, 0.2) is 41.9 Å². The Bertz CT molecular complexity index is 625. The van der Waals surface area contributed by atoms with Crippen molar-refractivity contribution < 1.29 is 9.59 Å². The predicted molar refractivity (Wildman–Crippen MR) is 81.5 cm³/mol. The van der Waals surface area contributed by atoms with E-state index in [1.807, 2.05) is 35.7 Å². The molecule has 1 aromatic heterocycles. The van der Waals surface area contributed by atoms with Crippen LogP contribution < -0.4 is 0 Å². The second kappa shape index (κ2) is 6.18. The molecule has 4 nitrogen and oxygen atoms in total. The highest BCUT2D eigenvalue weighted by atomic mass is 32.1. The molecule has 1 aliphatic rings. The second-order valence-corrected chi connectivity index (χ2v) is 6.05. The predicted octanol–water partition coefficient (Wildman–Crippen LogP) is 2.88. The third kappa shape index (κ3) is 3.03. The molecule has 0 bridgehead atoms. The molecule has 1 unspecified atom stereocenters. The number of likely N-dealkylation sites (tertiary alicyclic amines) is 1. The zero-order chi connectivity index (χ0) is 14.7. The normalized spacial score (nSPS) is 18.5. The molecule has 0 spiro atoms. The Labute approximate surface area is 127 Å². The number of carbonyl (C=O) groups excluding carboxylic acids is 2. The minimum atomic E-state index is -0.127. The molecule has 1 saturated heterocycles. The highest BCUT2D eigenvalue weighted by molar-refractivity contribution is 7.11. The monoisotopic (exact) mass is 300 g/mol. The topological polar surface area (TPSA) is 50.3 Å². The van der Waals surface area contributed by atoms with Gasteiger partial charge in [0.25, 0.3) is 5.91 Å². The molecule has 108 valence electrons. The lowest BCUT2D eigenvalue weighted by Gasteiger charge is -2.31. The van der Waals surface area contributed by atoms with Crippen molar-refractivity contribution in [1.29, 1.82) is 0 Å². The number of aromatic nitrogens is 1. The summed E-state index contributed by atoms with van der Waals surface area (Å²) in [5, 5.41) is 2.36. The van der Waals surface area contributed by atoms with Crippen molar-refractivity contribution in [2.24, 2.45) is 5.92 Å². The first-order valence-electron chi connectivity index (χ1n) is 7.04. The van der Waals surface area contributed by atoms with Gasteiger partial charge in [-0.3, -0.25) is 9.59 Å². The first-order valence-corrected chi connectivity index (χ1v) is 7.91. The van der Waals surface area contributed by atoms with E-state index in [-0.39, 0.29) is 17.6 Å². The number of rotatable bonds is 3. The molecule has 1 amide bonds. The Morgan fingerprint density at radius 3 is 2.76 bits per heavy atom. The first kappa shape index (κ1) is 13.9. The van der Waals surface area contributed by atoms with E-state index in [1.54, 1.807) is 11.1 Å². The summed E-state index contributed by atoms with van der Waals surface area (Å²) >= 11 is 1.37. The van der Waals surface area contributed by atoms with Gasteiger partial charge in [-0.25, -0.2) is 4.98 Å². The molecule has 1 atom stereocenters. The smallest absolute Gasteiger partial charge is 0.253 e. The van der Waals surface area contributed by atoms with Gasteiger partial charge in [-0.1, -0.05) is 18.2 Å². The lowest BCUT2D eigenvalue weighted by atomic mass is 9.93. The van der Waals surface area contributed by atoms with Crippen LogP contribution in [0.5, 0.6) is 0 Å². The lowest BCUT2D eigenvalue weighted by Crippen LogP contribution is -2.42. The SMILES string of the molecule is O=C(c1nccs1)C1CCCN(C(=O)c2ccccc2)C1. The van der Waals surface area contributed by atoms with E-state index in [0.717, 1.165) is 19.4 Å². The van der Waals surface area contributed by atoms with Crippen LogP contribution in [0.4, 0.5) is 0 Å². The van der Waals surface area contributed by atoms with Crippen molar-refractivity contribution >= 4 is 23.0 Å². The molecule has 1 aromatic carbocycles. The summed E-state index contributed by atoms with van der Waals surface area (Å²) in [5.41, 5.74) is 0.680. The van der Waals surface area contributed by atoms with Crippen LogP contribution in [0.1, 0.15) is 33.0 Å². The van der Waals surface area contributed by atoms with Crippen LogP contribution >= 0.6 is 11.3 Å². The molecule has 1 fully saturated rings. The molecule has 1 aliphatic heterocycles. The largest absolute Gasteiger partial charge is 0.338 e. The van der Waals surface area contributed by atoms with E-state index in [9.17, 15) is 9.59 Å². The van der Waals surface area contributed by atoms with E-state index in [4.69, 9.17) is 0 Å². The number of carbonyl (C=O) groups is 2. The van der Waals surface area contributed by atoms with Crippen LogP contribution in [-0.2, 0) is 0 Å². The summed E-state index contributed by atoms with van der Waals surface area (Å²) < 4.78 is 0. The fraction of sp³-hybridized carbons (Fsp3) is 0.312. The van der Waals surface area contributed by atoms with E-state index in [2.05, 4.69) is 4.98 Å². The molecule has 0 aliphatic carbocycles. The number of ketones is 1. The zero-order valence-corrected chi connectivity index (χ0v) is 12.4. The second-order valence-electron chi connectivity index (χ2n) is 5.16. The Kier molecular flexibility index (Phi) is 4.10. The van der Waals surface area contributed by atoms with Gasteiger partial charge in [-0.15, -0.1) is 11.3 Å². The van der Waals surface area contributed by atoms with Gasteiger partial charge in [-0.2, -0.15) is 0 Å². The van der Waals surface area contributed by atoms with Crippen LogP contribution in [0.2, 0.25) is 0 Å². The minimum Gasteiger partial charge on any atom is -0.338 e. The third-order valence-corrected chi connectivity index (χ3v) is 4.53. The fourth-order valence-corrected chi connectivity index (χ4v) is 3.31. The molecule has 3 rings (SSSR count). The molecule has 0 radical (unpaired) electrons. The van der Waals surface area contributed by atoms with Crippen molar-refractivity contribution in [2.75, 3.05) is 13.1 Å². The highest BCUT2D eigenvalue weighted by Gasteiger charge is 2.30. The van der Waals surface area contributed by atoms with Gasteiger partial charge in [0, 0.05) is 36.1 Å². The summed E-state index contributed by atoms with van der Waals surface area (Å²) in [6, 6.07) is 9.23. The van der Waals surface area contributed by atoms with Crippen LogP contribution in [-0.4, -0.2) is 34.7 Å². The van der Waals surface area contributed by atoms with Crippen molar-refractivity contribution in [3.8, 4) is 0 Å². The number of thiazole rings is 1. The van der Waals surface area contributed by atoms with E-state index in [1.165, 1.54) is 11.3 Å². The van der Waals surface area contributed by atoms with Gasteiger partial charge in [0.15, 0.2) is 10.8 Å². The fourth-order valence-electron chi connectivity index (χ4n) is 2.66. The number of Topliss-reactive ketones (excluding diaryl/α,β-unsaturated/α-hetero) is 1. The summed E-state index contributed by atoms with van der Waals surface area (Å²) in [5.74, 6) is -0.0552. The van der Waals surface area contributed by atoms with Crippen molar-refractivity contribution in [3.05, 3.63) is 52.5 Å². The van der Waals surface area contributed by atoms with Gasteiger partial charge >= 0.3 is 0 Å². The van der Waals surface area contributed by atoms with Gasteiger partial charge < -0.3 is 4.90 Å². The number of amides is 1. The van der Waals surface area contributed by atoms with Crippen molar-refractivity contribution in [3.63, 3.8) is 0 Å². The summed E-state index contributed by atoms with van der Waals surface area (Å²) in [6.45, 7) is 1.21. The molecule has 5 heteroatoms. The molecule has 0 N–H and O–H groups in total. The van der Waals surface area contributed by atoms with Crippen molar-refractivity contribution in [1.82, 2.24) is 9.88 Å². The first-order chi connectivity index (χ1) is 10.3. The van der Waals surface area contributed by atoms with Crippen molar-refractivity contribution in [2.45, 2.75) is 12.8 Å². The van der Waals surface area contributed by atoms with E-state index >= 15 is 0 Å². The quantitative estimate of drug-likeness (QED) is 0.819. The maximum Gasteiger partial charge on any atom is 0.253 e. The maximum atomic E-state index is 12.5. The molecule has 2 heterocycles. The lowest BCUT2D eigenvalue weighted by molar-refractivity contribution is 0.0637. The van der Waals surface area contributed by atoms with E-state index < -0.39 is 0 Å².